The van der Waals surface area contributed by atoms with Crippen LogP contribution in [0.25, 0.3) is 0 Å². The van der Waals surface area contributed by atoms with Gasteiger partial charge >= 0.3 is 5.97 Å². The minimum atomic E-state index is -1.08. The number of nitrogens with one attached hydrogen (secondary N) is 1. The van der Waals surface area contributed by atoms with Crippen molar-refractivity contribution >= 4 is 5.97 Å². The van der Waals surface area contributed by atoms with E-state index in [-0.39, 0.29) is 0 Å². The highest BCUT2D eigenvalue weighted by molar-refractivity contribution is 5.76. The zero-order valence-corrected chi connectivity index (χ0v) is 9.06. The molecule has 4 N–H and O–H groups in total. The molecule has 0 aromatic heterocycles. The van der Waals surface area contributed by atoms with E-state index in [9.17, 15) is 4.79 Å². The van der Waals surface area contributed by atoms with Crippen molar-refractivity contribution in [2.45, 2.75) is 6.04 Å². The van der Waals surface area contributed by atoms with Crippen LogP contribution in [0.15, 0.2) is 18.2 Å². The summed E-state index contributed by atoms with van der Waals surface area (Å²) < 4.78 is 10.1. The third-order valence-corrected chi connectivity index (χ3v) is 2.17. The molecule has 1 aromatic rings. The minimum absolute atomic E-state index is 0.407. The maximum atomic E-state index is 10.9. The third kappa shape index (κ3) is 2.41. The molecule has 88 valence electrons. The van der Waals surface area contributed by atoms with Gasteiger partial charge in [0.1, 0.15) is 17.5 Å². The Bertz CT molecular complexity index is 381. The maximum Gasteiger partial charge on any atom is 0.326 e. The Kier molecular flexibility index (Phi) is 4.10. The number of ether oxygens (including phenoxy) is 2. The molecule has 0 saturated heterocycles. The first kappa shape index (κ1) is 12.3. The number of benzene rings is 1. The molecule has 6 heteroatoms. The van der Waals surface area contributed by atoms with Gasteiger partial charge in [-0.3, -0.25) is 10.6 Å². The summed E-state index contributed by atoms with van der Waals surface area (Å²) in [6.07, 6.45) is 0. The Balaban J connectivity index is 3.16. The van der Waals surface area contributed by atoms with Crippen LogP contribution in [0.3, 0.4) is 0 Å². The van der Waals surface area contributed by atoms with Gasteiger partial charge in [-0.05, 0) is 12.1 Å². The minimum Gasteiger partial charge on any atom is -0.497 e. The van der Waals surface area contributed by atoms with E-state index in [1.807, 2.05) is 0 Å². The van der Waals surface area contributed by atoms with E-state index in [1.165, 1.54) is 14.2 Å². The number of carbonyl (C=O) groups is 1. The average molecular weight is 226 g/mol. The molecule has 1 unspecified atom stereocenters. The topological polar surface area (TPSA) is 93.8 Å². The van der Waals surface area contributed by atoms with Gasteiger partial charge in [-0.1, -0.05) is 0 Å². The summed E-state index contributed by atoms with van der Waals surface area (Å²) in [6, 6.07) is 3.82. The summed E-state index contributed by atoms with van der Waals surface area (Å²) in [7, 11) is 2.97. The predicted octanol–water partition coefficient (Wildman–Crippen LogP) is 0.293. The molecule has 0 aliphatic carbocycles. The molecule has 0 aliphatic heterocycles. The maximum absolute atomic E-state index is 10.9. The molecule has 0 spiro atoms. The van der Waals surface area contributed by atoms with E-state index in [0.29, 0.717) is 17.1 Å². The first-order valence-corrected chi connectivity index (χ1v) is 4.55. The summed E-state index contributed by atoms with van der Waals surface area (Å²) in [6.45, 7) is 0. The smallest absolute Gasteiger partial charge is 0.326 e. The van der Waals surface area contributed by atoms with Gasteiger partial charge in [0, 0.05) is 11.6 Å². The second kappa shape index (κ2) is 5.34. The number of aliphatic carboxylic acids is 1. The molecule has 0 heterocycles. The molecule has 0 saturated carbocycles. The molecule has 0 aliphatic rings. The standard InChI is InChI=1S/C10H14N2O4/c1-15-6-3-4-7(8(5-6)16-2)9(12-11)10(13)14/h3-5,9,12H,11H2,1-2H3,(H,13,14). The molecule has 1 atom stereocenters. The Morgan fingerprint density at radius 3 is 2.56 bits per heavy atom. The highest BCUT2D eigenvalue weighted by Gasteiger charge is 2.22. The SMILES string of the molecule is COc1ccc(C(NN)C(=O)O)c(OC)c1. The fourth-order valence-corrected chi connectivity index (χ4v) is 1.35. The molecule has 0 bridgehead atoms. The number of hydrogen-bond acceptors (Lipinski definition) is 5. The number of rotatable bonds is 5. The monoisotopic (exact) mass is 226 g/mol. The molecular weight excluding hydrogens is 212 g/mol. The van der Waals surface area contributed by atoms with E-state index in [1.54, 1.807) is 18.2 Å². The lowest BCUT2D eigenvalue weighted by Crippen LogP contribution is -2.34. The number of hydrogen-bond donors (Lipinski definition) is 3. The van der Waals surface area contributed by atoms with Crippen molar-refractivity contribution in [2.75, 3.05) is 14.2 Å². The van der Waals surface area contributed by atoms with Gasteiger partial charge in [0.15, 0.2) is 0 Å². The van der Waals surface area contributed by atoms with Crippen LogP contribution >= 0.6 is 0 Å². The summed E-state index contributed by atoms with van der Waals surface area (Å²) in [5, 5.41) is 8.94. The number of methoxy groups -OCH3 is 2. The van der Waals surface area contributed by atoms with Crippen LogP contribution in [0.4, 0.5) is 0 Å². The molecular formula is C10H14N2O4. The van der Waals surface area contributed by atoms with E-state index in [2.05, 4.69) is 5.43 Å². The van der Waals surface area contributed by atoms with E-state index in [4.69, 9.17) is 20.4 Å². The zero-order chi connectivity index (χ0) is 12.1. The normalized spacial score (nSPS) is 11.9. The summed E-state index contributed by atoms with van der Waals surface area (Å²) >= 11 is 0. The lowest BCUT2D eigenvalue weighted by molar-refractivity contribution is -0.139. The third-order valence-electron chi connectivity index (χ3n) is 2.17. The van der Waals surface area contributed by atoms with Crippen molar-refractivity contribution in [3.63, 3.8) is 0 Å². The Labute approximate surface area is 92.9 Å². The number of carboxylic acids is 1. The quantitative estimate of drug-likeness (QED) is 0.493. The van der Waals surface area contributed by atoms with Crippen LogP contribution < -0.4 is 20.7 Å². The number of carboxylic acid groups (broad SMARTS) is 1. The highest BCUT2D eigenvalue weighted by Crippen LogP contribution is 2.29. The number of nitrogens with two attached hydrogens (primary N) is 1. The molecule has 6 nitrogen and oxygen atoms in total. The summed E-state index contributed by atoms with van der Waals surface area (Å²) in [4.78, 5) is 10.9. The van der Waals surface area contributed by atoms with Crippen LogP contribution in [0, 0.1) is 0 Å². The van der Waals surface area contributed by atoms with Crippen LogP contribution in [-0.4, -0.2) is 25.3 Å². The lowest BCUT2D eigenvalue weighted by Gasteiger charge is -2.15. The largest absolute Gasteiger partial charge is 0.497 e. The van der Waals surface area contributed by atoms with Gasteiger partial charge in [-0.15, -0.1) is 0 Å². The summed E-state index contributed by atoms with van der Waals surface area (Å²) in [5.74, 6) is 5.10. The molecule has 0 amide bonds. The zero-order valence-electron chi connectivity index (χ0n) is 9.06. The predicted molar refractivity (Wildman–Crippen MR) is 57.2 cm³/mol. The Morgan fingerprint density at radius 2 is 2.12 bits per heavy atom. The lowest BCUT2D eigenvalue weighted by atomic mass is 10.1. The number of hydrazine groups is 1. The van der Waals surface area contributed by atoms with Crippen LogP contribution in [-0.2, 0) is 4.79 Å². The van der Waals surface area contributed by atoms with Gasteiger partial charge in [-0.25, -0.2) is 5.43 Å². The fourth-order valence-electron chi connectivity index (χ4n) is 1.35. The van der Waals surface area contributed by atoms with Crippen molar-refractivity contribution in [2.24, 2.45) is 5.84 Å². The van der Waals surface area contributed by atoms with Gasteiger partial charge in [0.05, 0.1) is 14.2 Å². The first-order valence-electron chi connectivity index (χ1n) is 4.55. The first-order chi connectivity index (χ1) is 7.63. The molecule has 0 fully saturated rings. The van der Waals surface area contributed by atoms with Gasteiger partial charge in [0.2, 0.25) is 0 Å². The van der Waals surface area contributed by atoms with Crippen LogP contribution in [0.1, 0.15) is 11.6 Å². The van der Waals surface area contributed by atoms with Crippen LogP contribution in [0.2, 0.25) is 0 Å². The Morgan fingerprint density at radius 1 is 1.44 bits per heavy atom. The van der Waals surface area contributed by atoms with Gasteiger partial charge in [-0.2, -0.15) is 0 Å². The average Bonchev–Trinajstić information content (AvgIpc) is 2.29. The van der Waals surface area contributed by atoms with Gasteiger partial charge in [0.25, 0.3) is 0 Å². The van der Waals surface area contributed by atoms with Gasteiger partial charge < -0.3 is 14.6 Å². The van der Waals surface area contributed by atoms with Crippen molar-refractivity contribution in [3.05, 3.63) is 23.8 Å². The van der Waals surface area contributed by atoms with E-state index < -0.39 is 12.0 Å². The Hall–Kier alpha value is -1.79. The second-order valence-corrected chi connectivity index (χ2v) is 3.05. The fraction of sp³-hybridized carbons (Fsp3) is 0.300. The molecule has 1 aromatic carbocycles. The molecule has 1 rings (SSSR count). The van der Waals surface area contributed by atoms with E-state index in [0.717, 1.165) is 0 Å². The van der Waals surface area contributed by atoms with Crippen molar-refractivity contribution in [1.29, 1.82) is 0 Å². The van der Waals surface area contributed by atoms with Crippen molar-refractivity contribution in [1.82, 2.24) is 5.43 Å². The molecule has 16 heavy (non-hydrogen) atoms. The van der Waals surface area contributed by atoms with Crippen LogP contribution in [0.5, 0.6) is 11.5 Å². The second-order valence-electron chi connectivity index (χ2n) is 3.05. The highest BCUT2D eigenvalue weighted by atomic mass is 16.5. The van der Waals surface area contributed by atoms with E-state index >= 15 is 0 Å². The molecule has 0 radical (unpaired) electrons. The summed E-state index contributed by atoms with van der Waals surface area (Å²) in [5.41, 5.74) is 2.65. The van der Waals surface area contributed by atoms with Crippen molar-refractivity contribution < 1.29 is 19.4 Å². The van der Waals surface area contributed by atoms with Crippen molar-refractivity contribution in [3.8, 4) is 11.5 Å².